The zero-order valence-corrected chi connectivity index (χ0v) is 10.9. The molecule has 1 aromatic rings. The molecule has 0 amide bonds. The summed E-state index contributed by atoms with van der Waals surface area (Å²) in [5.74, 6) is 1.71. The second kappa shape index (κ2) is 6.51. The predicted molar refractivity (Wildman–Crippen MR) is 70.0 cm³/mol. The molecule has 1 aliphatic rings. The molecule has 0 aliphatic carbocycles. The molecule has 18 heavy (non-hydrogen) atoms. The van der Waals surface area contributed by atoms with Gasteiger partial charge in [-0.3, -0.25) is 0 Å². The summed E-state index contributed by atoms with van der Waals surface area (Å²) in [6, 6.07) is 0. The molecule has 0 spiro atoms. The zero-order valence-electron chi connectivity index (χ0n) is 10.9. The second-order valence-corrected chi connectivity index (χ2v) is 4.17. The van der Waals surface area contributed by atoms with Crippen LogP contribution >= 0.6 is 0 Å². The SMILES string of the molecule is CCNc1ncnc(NCC2COCCO2)c1C. The molecule has 0 bridgehead atoms. The summed E-state index contributed by atoms with van der Waals surface area (Å²) >= 11 is 0. The molecule has 100 valence electrons. The van der Waals surface area contributed by atoms with Gasteiger partial charge in [-0.1, -0.05) is 0 Å². The molecule has 6 nitrogen and oxygen atoms in total. The number of nitrogens with one attached hydrogen (secondary N) is 2. The Balaban J connectivity index is 1.93. The molecule has 1 aromatic heterocycles. The molecular formula is C12H20N4O2. The van der Waals surface area contributed by atoms with Crippen LogP contribution in [0.5, 0.6) is 0 Å². The number of anilines is 2. The lowest BCUT2D eigenvalue weighted by molar-refractivity contribution is -0.0819. The number of aromatic nitrogens is 2. The minimum absolute atomic E-state index is 0.0932. The lowest BCUT2D eigenvalue weighted by atomic mass is 10.3. The van der Waals surface area contributed by atoms with E-state index in [-0.39, 0.29) is 6.10 Å². The van der Waals surface area contributed by atoms with Crippen LogP contribution in [0.3, 0.4) is 0 Å². The number of hydrogen-bond acceptors (Lipinski definition) is 6. The van der Waals surface area contributed by atoms with Crippen molar-refractivity contribution in [2.75, 3.05) is 43.5 Å². The van der Waals surface area contributed by atoms with Crippen LogP contribution in [0.15, 0.2) is 6.33 Å². The molecule has 2 rings (SSSR count). The quantitative estimate of drug-likeness (QED) is 0.816. The Morgan fingerprint density at radius 1 is 1.28 bits per heavy atom. The van der Waals surface area contributed by atoms with Crippen LogP contribution in [-0.2, 0) is 9.47 Å². The van der Waals surface area contributed by atoms with Crippen LogP contribution in [0.4, 0.5) is 11.6 Å². The van der Waals surface area contributed by atoms with Crippen molar-refractivity contribution in [1.82, 2.24) is 9.97 Å². The number of hydrogen-bond donors (Lipinski definition) is 2. The van der Waals surface area contributed by atoms with Gasteiger partial charge in [0, 0.05) is 18.7 Å². The average Bonchev–Trinajstić information content (AvgIpc) is 2.41. The van der Waals surface area contributed by atoms with E-state index in [1.807, 2.05) is 13.8 Å². The van der Waals surface area contributed by atoms with E-state index in [2.05, 4.69) is 20.6 Å². The molecule has 1 unspecified atom stereocenters. The van der Waals surface area contributed by atoms with E-state index in [1.165, 1.54) is 0 Å². The van der Waals surface area contributed by atoms with Gasteiger partial charge in [0.05, 0.1) is 25.9 Å². The molecule has 1 fully saturated rings. The molecular weight excluding hydrogens is 232 g/mol. The summed E-state index contributed by atoms with van der Waals surface area (Å²) in [5.41, 5.74) is 1.02. The predicted octanol–water partition coefficient (Wildman–Crippen LogP) is 1.04. The topological polar surface area (TPSA) is 68.3 Å². The van der Waals surface area contributed by atoms with E-state index < -0.39 is 0 Å². The maximum Gasteiger partial charge on any atom is 0.134 e. The minimum atomic E-state index is 0.0932. The fraction of sp³-hybridized carbons (Fsp3) is 0.667. The van der Waals surface area contributed by atoms with Gasteiger partial charge in [-0.2, -0.15) is 0 Å². The molecule has 2 N–H and O–H groups in total. The van der Waals surface area contributed by atoms with Crippen molar-refractivity contribution in [3.8, 4) is 0 Å². The first kappa shape index (κ1) is 13.0. The van der Waals surface area contributed by atoms with E-state index in [4.69, 9.17) is 9.47 Å². The van der Waals surface area contributed by atoms with Crippen LogP contribution in [0.1, 0.15) is 12.5 Å². The third kappa shape index (κ3) is 3.30. The van der Waals surface area contributed by atoms with E-state index in [0.29, 0.717) is 26.4 Å². The Kier molecular flexibility index (Phi) is 4.72. The average molecular weight is 252 g/mol. The zero-order chi connectivity index (χ0) is 12.8. The summed E-state index contributed by atoms with van der Waals surface area (Å²) in [4.78, 5) is 8.45. The van der Waals surface area contributed by atoms with Crippen LogP contribution in [0, 0.1) is 6.92 Å². The fourth-order valence-electron chi connectivity index (χ4n) is 1.84. The Bertz CT molecular complexity index is 380. The first-order valence-electron chi connectivity index (χ1n) is 6.30. The highest BCUT2D eigenvalue weighted by atomic mass is 16.6. The van der Waals surface area contributed by atoms with Gasteiger partial charge in [0.1, 0.15) is 18.0 Å². The fourth-order valence-corrected chi connectivity index (χ4v) is 1.84. The Hall–Kier alpha value is -1.40. The molecule has 6 heteroatoms. The number of nitrogens with zero attached hydrogens (tertiary/aromatic N) is 2. The van der Waals surface area contributed by atoms with Crippen molar-refractivity contribution < 1.29 is 9.47 Å². The Labute approximate surface area is 107 Å². The van der Waals surface area contributed by atoms with Crippen molar-refractivity contribution in [3.05, 3.63) is 11.9 Å². The highest BCUT2D eigenvalue weighted by Gasteiger charge is 2.15. The second-order valence-electron chi connectivity index (χ2n) is 4.17. The Morgan fingerprint density at radius 3 is 2.72 bits per heavy atom. The summed E-state index contributed by atoms with van der Waals surface area (Å²) in [5, 5.41) is 6.49. The molecule has 0 radical (unpaired) electrons. The molecule has 1 aliphatic heterocycles. The van der Waals surface area contributed by atoms with Gasteiger partial charge in [-0.15, -0.1) is 0 Å². The molecule has 1 atom stereocenters. The van der Waals surface area contributed by atoms with Crippen LogP contribution in [0.2, 0.25) is 0 Å². The van der Waals surface area contributed by atoms with Crippen molar-refractivity contribution in [1.29, 1.82) is 0 Å². The summed E-state index contributed by atoms with van der Waals surface area (Å²) in [6.45, 7) is 7.57. The maximum absolute atomic E-state index is 5.57. The highest BCUT2D eigenvalue weighted by Crippen LogP contribution is 2.18. The minimum Gasteiger partial charge on any atom is -0.376 e. The van der Waals surface area contributed by atoms with E-state index in [0.717, 1.165) is 23.7 Å². The van der Waals surface area contributed by atoms with Crippen molar-refractivity contribution in [2.24, 2.45) is 0 Å². The Morgan fingerprint density at radius 2 is 2.06 bits per heavy atom. The van der Waals surface area contributed by atoms with E-state index in [9.17, 15) is 0 Å². The normalized spacial score (nSPS) is 19.6. The monoisotopic (exact) mass is 252 g/mol. The standard InChI is InChI=1S/C12H20N4O2/c1-3-13-11-9(2)12(16-8-15-11)14-6-10-7-17-4-5-18-10/h8,10H,3-7H2,1-2H3,(H2,13,14,15,16). The van der Waals surface area contributed by atoms with E-state index >= 15 is 0 Å². The summed E-state index contributed by atoms with van der Waals surface area (Å²) in [7, 11) is 0. The summed E-state index contributed by atoms with van der Waals surface area (Å²) < 4.78 is 10.9. The summed E-state index contributed by atoms with van der Waals surface area (Å²) in [6.07, 6.45) is 1.65. The molecule has 1 saturated heterocycles. The largest absolute Gasteiger partial charge is 0.376 e. The lowest BCUT2D eigenvalue weighted by Gasteiger charge is -2.23. The molecule has 0 aromatic carbocycles. The van der Waals surface area contributed by atoms with Gasteiger partial charge in [0.15, 0.2) is 0 Å². The van der Waals surface area contributed by atoms with Gasteiger partial charge < -0.3 is 20.1 Å². The molecule has 0 saturated carbocycles. The number of rotatable bonds is 5. The van der Waals surface area contributed by atoms with Crippen molar-refractivity contribution >= 4 is 11.6 Å². The third-order valence-corrected chi connectivity index (χ3v) is 2.81. The van der Waals surface area contributed by atoms with Gasteiger partial charge in [-0.05, 0) is 13.8 Å². The van der Waals surface area contributed by atoms with Crippen LogP contribution < -0.4 is 10.6 Å². The third-order valence-electron chi connectivity index (χ3n) is 2.81. The first-order valence-corrected chi connectivity index (χ1v) is 6.30. The van der Waals surface area contributed by atoms with Crippen LogP contribution in [-0.4, -0.2) is 49.0 Å². The van der Waals surface area contributed by atoms with Gasteiger partial charge in [0.2, 0.25) is 0 Å². The van der Waals surface area contributed by atoms with Crippen molar-refractivity contribution in [3.63, 3.8) is 0 Å². The number of ether oxygens (including phenoxy) is 2. The first-order chi connectivity index (χ1) is 8.81. The van der Waals surface area contributed by atoms with Crippen LogP contribution in [0.25, 0.3) is 0 Å². The van der Waals surface area contributed by atoms with Crippen molar-refractivity contribution in [2.45, 2.75) is 20.0 Å². The molecule has 2 heterocycles. The van der Waals surface area contributed by atoms with E-state index in [1.54, 1.807) is 6.33 Å². The van der Waals surface area contributed by atoms with Gasteiger partial charge in [-0.25, -0.2) is 9.97 Å². The highest BCUT2D eigenvalue weighted by molar-refractivity contribution is 5.56. The van der Waals surface area contributed by atoms with Gasteiger partial charge in [0.25, 0.3) is 0 Å². The lowest BCUT2D eigenvalue weighted by Crippen LogP contribution is -2.34. The smallest absolute Gasteiger partial charge is 0.134 e. The maximum atomic E-state index is 5.57. The van der Waals surface area contributed by atoms with Gasteiger partial charge >= 0.3 is 0 Å².